The van der Waals surface area contributed by atoms with E-state index in [0.29, 0.717) is 0 Å². The van der Waals surface area contributed by atoms with Crippen molar-refractivity contribution >= 4 is 0 Å². The molecule has 0 aromatic carbocycles. The summed E-state index contributed by atoms with van der Waals surface area (Å²) in [5.41, 5.74) is 0. The molecule has 0 aromatic heterocycles. The Balaban J connectivity index is -0.000000180. The molecule has 0 nitrogen and oxygen atoms in total. The summed E-state index contributed by atoms with van der Waals surface area (Å²) >= 11 is 0. The SMILES string of the molecule is C[CH]CCCCC.[Br-].[Zn]. The van der Waals surface area contributed by atoms with Crippen LogP contribution < -0.4 is 17.0 Å². The third-order valence-corrected chi connectivity index (χ3v) is 1.10. The number of hydrogen-bond donors (Lipinski definition) is 0. The molecule has 0 heterocycles. The van der Waals surface area contributed by atoms with Crippen LogP contribution in [0.4, 0.5) is 0 Å². The Morgan fingerprint density at radius 1 is 1.22 bits per heavy atom. The third-order valence-electron chi connectivity index (χ3n) is 1.10. The Morgan fingerprint density at radius 2 is 1.78 bits per heavy atom. The monoisotopic (exact) mass is 242 g/mol. The van der Waals surface area contributed by atoms with Gasteiger partial charge in [0, 0.05) is 19.5 Å². The molecule has 0 aliphatic rings. The first-order chi connectivity index (χ1) is 3.41. The summed E-state index contributed by atoms with van der Waals surface area (Å²) < 4.78 is 0. The van der Waals surface area contributed by atoms with Crippen LogP contribution in [0.15, 0.2) is 0 Å². The van der Waals surface area contributed by atoms with E-state index in [1.165, 1.54) is 25.7 Å². The maximum Gasteiger partial charge on any atom is 0 e. The molecule has 0 N–H and O–H groups in total. The number of rotatable bonds is 4. The minimum absolute atomic E-state index is 0. The fourth-order valence-corrected chi connectivity index (χ4v) is 0.598. The Morgan fingerprint density at radius 3 is 2.11 bits per heavy atom. The van der Waals surface area contributed by atoms with Gasteiger partial charge in [0.25, 0.3) is 0 Å². The van der Waals surface area contributed by atoms with Crippen molar-refractivity contribution in [2.75, 3.05) is 0 Å². The molecule has 0 atom stereocenters. The maximum absolute atomic E-state index is 2.23. The average Bonchev–Trinajstić information content (AvgIpc) is 1.69. The summed E-state index contributed by atoms with van der Waals surface area (Å²) in [6, 6.07) is 0. The molecule has 0 bridgehead atoms. The van der Waals surface area contributed by atoms with E-state index < -0.39 is 0 Å². The molecule has 0 aliphatic heterocycles. The summed E-state index contributed by atoms with van der Waals surface area (Å²) in [6.45, 7) is 4.35. The normalized spacial score (nSPS) is 7.33. The zero-order chi connectivity index (χ0) is 5.54. The van der Waals surface area contributed by atoms with E-state index >= 15 is 0 Å². The van der Waals surface area contributed by atoms with Crippen LogP contribution in [0, 0.1) is 6.42 Å². The zero-order valence-electron chi connectivity index (χ0n) is 6.49. The van der Waals surface area contributed by atoms with Crippen LogP contribution in [-0.4, -0.2) is 0 Å². The predicted octanol–water partition coefficient (Wildman–Crippen LogP) is -0.208. The molecule has 0 aliphatic carbocycles. The predicted molar refractivity (Wildman–Crippen MR) is 34.1 cm³/mol. The molecule has 0 unspecified atom stereocenters. The van der Waals surface area contributed by atoms with Gasteiger partial charge in [-0.1, -0.05) is 39.5 Å². The average molecular weight is 244 g/mol. The van der Waals surface area contributed by atoms with Gasteiger partial charge in [0.15, 0.2) is 0 Å². The van der Waals surface area contributed by atoms with Gasteiger partial charge in [-0.3, -0.25) is 0 Å². The van der Waals surface area contributed by atoms with Crippen molar-refractivity contribution in [1.82, 2.24) is 0 Å². The summed E-state index contributed by atoms with van der Waals surface area (Å²) in [4.78, 5) is 0. The van der Waals surface area contributed by atoms with E-state index in [0.717, 1.165) is 0 Å². The van der Waals surface area contributed by atoms with E-state index in [4.69, 9.17) is 0 Å². The van der Waals surface area contributed by atoms with E-state index in [1.54, 1.807) is 0 Å². The fraction of sp³-hybridized carbons (Fsp3) is 0.857. The quantitative estimate of drug-likeness (QED) is 0.474. The van der Waals surface area contributed by atoms with Gasteiger partial charge >= 0.3 is 0 Å². The molecule has 0 saturated carbocycles. The minimum Gasteiger partial charge on any atom is -1.00 e. The molecule has 0 aromatic rings. The van der Waals surface area contributed by atoms with Crippen molar-refractivity contribution in [3.8, 4) is 0 Å². The van der Waals surface area contributed by atoms with E-state index in [-0.39, 0.29) is 36.5 Å². The van der Waals surface area contributed by atoms with Gasteiger partial charge in [-0.25, -0.2) is 0 Å². The maximum atomic E-state index is 2.23. The molecule has 0 spiro atoms. The number of hydrogen-bond acceptors (Lipinski definition) is 0. The van der Waals surface area contributed by atoms with Gasteiger partial charge in [-0.05, 0) is 6.42 Å². The van der Waals surface area contributed by atoms with Gasteiger partial charge < -0.3 is 17.0 Å². The van der Waals surface area contributed by atoms with E-state index in [9.17, 15) is 0 Å². The van der Waals surface area contributed by atoms with Gasteiger partial charge in [-0.15, -0.1) is 0 Å². The standard InChI is InChI=1S/C7H15.BrH.Zn/c1-3-5-7-6-4-2;;/h3H,4-7H2,1-2H3;1H;/p-1. The molecule has 53 valence electrons. The van der Waals surface area contributed by atoms with E-state index in [2.05, 4.69) is 20.3 Å². The van der Waals surface area contributed by atoms with Crippen LogP contribution in [0.25, 0.3) is 0 Å². The zero-order valence-corrected chi connectivity index (χ0v) is 11.0. The molecule has 0 amide bonds. The topological polar surface area (TPSA) is 0 Å². The largest absolute Gasteiger partial charge is 1.00 e. The summed E-state index contributed by atoms with van der Waals surface area (Å²) in [6.07, 6.45) is 7.65. The second-order valence-corrected chi connectivity index (χ2v) is 1.90. The molecular weight excluding hydrogens is 229 g/mol. The van der Waals surface area contributed by atoms with Crippen molar-refractivity contribution in [2.24, 2.45) is 0 Å². The first-order valence-corrected chi connectivity index (χ1v) is 3.19. The minimum atomic E-state index is 0. The summed E-state index contributed by atoms with van der Waals surface area (Å²) in [5, 5.41) is 0. The van der Waals surface area contributed by atoms with Crippen molar-refractivity contribution in [3.05, 3.63) is 6.42 Å². The van der Waals surface area contributed by atoms with E-state index in [1.807, 2.05) is 0 Å². The van der Waals surface area contributed by atoms with Crippen molar-refractivity contribution in [1.29, 1.82) is 0 Å². The third kappa shape index (κ3) is 17.6. The summed E-state index contributed by atoms with van der Waals surface area (Å²) in [7, 11) is 0. The Bertz CT molecular complexity index is 28.1. The first-order valence-electron chi connectivity index (χ1n) is 3.19. The molecular formula is C7H15BrZn-. The van der Waals surface area contributed by atoms with Crippen LogP contribution in [0.1, 0.15) is 39.5 Å². The van der Waals surface area contributed by atoms with Crippen LogP contribution in [-0.2, 0) is 19.5 Å². The Kier molecular flexibility index (Phi) is 29.6. The van der Waals surface area contributed by atoms with Gasteiger partial charge in [0.2, 0.25) is 0 Å². The van der Waals surface area contributed by atoms with Crippen molar-refractivity contribution in [2.45, 2.75) is 39.5 Å². The van der Waals surface area contributed by atoms with Gasteiger partial charge in [0.1, 0.15) is 0 Å². The smallest absolute Gasteiger partial charge is 0 e. The van der Waals surface area contributed by atoms with Crippen LogP contribution >= 0.6 is 0 Å². The Hall–Kier alpha value is 1.10. The second kappa shape index (κ2) is 16.0. The summed E-state index contributed by atoms with van der Waals surface area (Å²) in [5.74, 6) is 0. The number of halogens is 1. The van der Waals surface area contributed by atoms with Crippen LogP contribution in [0.2, 0.25) is 0 Å². The van der Waals surface area contributed by atoms with Crippen LogP contribution in [0.3, 0.4) is 0 Å². The molecule has 9 heavy (non-hydrogen) atoms. The van der Waals surface area contributed by atoms with Crippen LogP contribution in [0.5, 0.6) is 0 Å². The fourth-order valence-electron chi connectivity index (χ4n) is 0.598. The first kappa shape index (κ1) is 16.6. The molecule has 0 rings (SSSR count). The molecule has 0 saturated heterocycles. The molecule has 0 fully saturated rings. The second-order valence-electron chi connectivity index (χ2n) is 1.90. The Labute approximate surface area is 82.3 Å². The number of unbranched alkanes of at least 4 members (excludes halogenated alkanes) is 4. The van der Waals surface area contributed by atoms with Crippen molar-refractivity contribution in [3.63, 3.8) is 0 Å². The van der Waals surface area contributed by atoms with Crippen molar-refractivity contribution < 1.29 is 36.5 Å². The van der Waals surface area contributed by atoms with Gasteiger partial charge in [-0.2, -0.15) is 0 Å². The molecule has 2 heteroatoms. The van der Waals surface area contributed by atoms with Gasteiger partial charge in [0.05, 0.1) is 0 Å². The molecule has 1 radical (unpaired) electrons.